The maximum absolute atomic E-state index is 5.91. The molecule has 0 aromatic rings. The Balaban J connectivity index is 2.48. The van der Waals surface area contributed by atoms with Gasteiger partial charge >= 0.3 is 0 Å². The van der Waals surface area contributed by atoms with Gasteiger partial charge in [0.05, 0.1) is 6.73 Å². The van der Waals surface area contributed by atoms with Crippen molar-refractivity contribution in [1.82, 2.24) is 4.90 Å². The lowest BCUT2D eigenvalue weighted by atomic mass is 9.94. The Morgan fingerprint density at radius 3 is 2.25 bits per heavy atom. The largest absolute Gasteiger partial charge is 0.369 e. The molecule has 3 heteroatoms. The number of rotatable bonds is 2. The van der Waals surface area contributed by atoms with Gasteiger partial charge < -0.3 is 10.5 Å². The lowest BCUT2D eigenvalue weighted by Gasteiger charge is -2.40. The zero-order chi connectivity index (χ0) is 9.14. The summed E-state index contributed by atoms with van der Waals surface area (Å²) in [6.07, 6.45) is 2.18. The summed E-state index contributed by atoms with van der Waals surface area (Å²) >= 11 is 0. The van der Waals surface area contributed by atoms with Crippen LogP contribution in [0.4, 0.5) is 0 Å². The van der Waals surface area contributed by atoms with Gasteiger partial charge in [-0.3, -0.25) is 4.90 Å². The Hall–Kier alpha value is -0.120. The first-order valence-electron chi connectivity index (χ1n) is 4.65. The van der Waals surface area contributed by atoms with Gasteiger partial charge in [-0.05, 0) is 26.7 Å². The van der Waals surface area contributed by atoms with Gasteiger partial charge in [0.1, 0.15) is 0 Å². The molecule has 1 aliphatic rings. The SMILES string of the molecule is COCN1C(C)CC(N)CC1C. The molecule has 3 nitrogen and oxygen atoms in total. The smallest absolute Gasteiger partial charge is 0.0991 e. The first-order chi connectivity index (χ1) is 5.65. The monoisotopic (exact) mass is 172 g/mol. The molecule has 72 valence electrons. The molecule has 0 spiro atoms. The fraction of sp³-hybridized carbons (Fsp3) is 1.00. The van der Waals surface area contributed by atoms with Crippen molar-refractivity contribution in [3.05, 3.63) is 0 Å². The van der Waals surface area contributed by atoms with Crippen LogP contribution < -0.4 is 5.73 Å². The highest BCUT2D eigenvalue weighted by Crippen LogP contribution is 2.21. The minimum Gasteiger partial charge on any atom is -0.369 e. The quantitative estimate of drug-likeness (QED) is 0.669. The van der Waals surface area contributed by atoms with Crippen molar-refractivity contribution in [3.63, 3.8) is 0 Å². The highest BCUT2D eigenvalue weighted by Gasteiger charge is 2.28. The van der Waals surface area contributed by atoms with Gasteiger partial charge in [0.2, 0.25) is 0 Å². The highest BCUT2D eigenvalue weighted by molar-refractivity contribution is 4.84. The van der Waals surface area contributed by atoms with Gasteiger partial charge in [0.15, 0.2) is 0 Å². The zero-order valence-corrected chi connectivity index (χ0v) is 8.29. The normalized spacial score (nSPS) is 38.5. The molecule has 0 bridgehead atoms. The van der Waals surface area contributed by atoms with Gasteiger partial charge in [-0.1, -0.05) is 0 Å². The van der Waals surface area contributed by atoms with Gasteiger partial charge in [0, 0.05) is 25.2 Å². The lowest BCUT2D eigenvalue weighted by Crippen LogP contribution is -2.51. The summed E-state index contributed by atoms with van der Waals surface area (Å²) in [6, 6.07) is 1.50. The molecule has 1 saturated heterocycles. The molecular weight excluding hydrogens is 152 g/mol. The Kier molecular flexibility index (Phi) is 3.50. The molecule has 1 heterocycles. The van der Waals surface area contributed by atoms with E-state index in [-0.39, 0.29) is 0 Å². The van der Waals surface area contributed by atoms with Crippen molar-refractivity contribution in [1.29, 1.82) is 0 Å². The fourth-order valence-corrected chi connectivity index (χ4v) is 2.08. The van der Waals surface area contributed by atoms with Crippen LogP contribution in [0.3, 0.4) is 0 Å². The standard InChI is InChI=1S/C9H20N2O/c1-7-4-9(10)5-8(2)11(7)6-12-3/h7-9H,4-6,10H2,1-3H3. The first-order valence-corrected chi connectivity index (χ1v) is 4.65. The van der Waals surface area contributed by atoms with Crippen LogP contribution in [0.25, 0.3) is 0 Å². The average Bonchev–Trinajstić information content (AvgIpc) is 1.96. The third kappa shape index (κ3) is 2.19. The Bertz CT molecular complexity index is 128. The molecule has 0 saturated carbocycles. The predicted molar refractivity (Wildman–Crippen MR) is 49.8 cm³/mol. The molecule has 2 unspecified atom stereocenters. The van der Waals surface area contributed by atoms with E-state index < -0.39 is 0 Å². The number of piperidine rings is 1. The molecule has 1 aliphatic heterocycles. The second-order valence-corrected chi connectivity index (χ2v) is 3.86. The number of hydrogen-bond acceptors (Lipinski definition) is 3. The van der Waals surface area contributed by atoms with E-state index in [9.17, 15) is 0 Å². The van der Waals surface area contributed by atoms with E-state index >= 15 is 0 Å². The molecular formula is C9H20N2O. The van der Waals surface area contributed by atoms with Crippen LogP contribution >= 0.6 is 0 Å². The van der Waals surface area contributed by atoms with Crippen molar-refractivity contribution >= 4 is 0 Å². The van der Waals surface area contributed by atoms with Crippen LogP contribution in [0.5, 0.6) is 0 Å². The summed E-state index contributed by atoms with van der Waals surface area (Å²) in [7, 11) is 1.74. The van der Waals surface area contributed by atoms with Crippen molar-refractivity contribution in [3.8, 4) is 0 Å². The summed E-state index contributed by atoms with van der Waals surface area (Å²) in [6.45, 7) is 5.16. The molecule has 12 heavy (non-hydrogen) atoms. The van der Waals surface area contributed by atoms with Crippen molar-refractivity contribution < 1.29 is 4.74 Å². The molecule has 0 amide bonds. The number of nitrogens with zero attached hydrogens (tertiary/aromatic N) is 1. The number of hydrogen-bond donors (Lipinski definition) is 1. The molecule has 2 N–H and O–H groups in total. The second-order valence-electron chi connectivity index (χ2n) is 3.86. The average molecular weight is 172 g/mol. The van der Waals surface area contributed by atoms with Crippen molar-refractivity contribution in [2.45, 2.75) is 44.8 Å². The van der Waals surface area contributed by atoms with Gasteiger partial charge in [-0.25, -0.2) is 0 Å². The van der Waals surface area contributed by atoms with Crippen LogP contribution in [-0.4, -0.2) is 36.9 Å². The third-order valence-electron chi connectivity index (χ3n) is 2.70. The number of nitrogens with two attached hydrogens (primary N) is 1. The summed E-state index contributed by atoms with van der Waals surface area (Å²) in [5, 5.41) is 0. The molecule has 1 rings (SSSR count). The Morgan fingerprint density at radius 2 is 1.83 bits per heavy atom. The molecule has 0 aromatic carbocycles. The summed E-state index contributed by atoms with van der Waals surface area (Å²) < 4.78 is 5.14. The van der Waals surface area contributed by atoms with Gasteiger partial charge in [0.25, 0.3) is 0 Å². The van der Waals surface area contributed by atoms with Crippen molar-refractivity contribution in [2.75, 3.05) is 13.8 Å². The van der Waals surface area contributed by atoms with E-state index in [1.807, 2.05) is 0 Å². The van der Waals surface area contributed by atoms with Crippen LogP contribution in [-0.2, 0) is 4.74 Å². The van der Waals surface area contributed by atoms with Crippen LogP contribution in [0, 0.1) is 0 Å². The lowest BCUT2D eigenvalue weighted by molar-refractivity contribution is -0.0139. The third-order valence-corrected chi connectivity index (χ3v) is 2.70. The number of likely N-dealkylation sites (tertiary alicyclic amines) is 1. The van der Waals surface area contributed by atoms with Crippen LogP contribution in [0.1, 0.15) is 26.7 Å². The Labute approximate surface area is 74.9 Å². The Morgan fingerprint density at radius 1 is 1.33 bits per heavy atom. The summed E-state index contributed by atoms with van der Waals surface area (Å²) in [4.78, 5) is 2.36. The van der Waals surface area contributed by atoms with Gasteiger partial charge in [-0.2, -0.15) is 0 Å². The van der Waals surface area contributed by atoms with Crippen LogP contribution in [0.2, 0.25) is 0 Å². The number of ether oxygens (including phenoxy) is 1. The topological polar surface area (TPSA) is 38.5 Å². The zero-order valence-electron chi connectivity index (χ0n) is 8.29. The first kappa shape index (κ1) is 9.96. The minimum atomic E-state index is 0.378. The predicted octanol–water partition coefficient (Wildman–Crippen LogP) is 0.790. The van der Waals surface area contributed by atoms with Crippen molar-refractivity contribution in [2.24, 2.45) is 5.73 Å². The van der Waals surface area contributed by atoms with Crippen LogP contribution in [0.15, 0.2) is 0 Å². The highest BCUT2D eigenvalue weighted by atomic mass is 16.5. The number of methoxy groups -OCH3 is 1. The molecule has 1 fully saturated rings. The fourth-order valence-electron chi connectivity index (χ4n) is 2.08. The molecule has 0 aromatic heterocycles. The van der Waals surface area contributed by atoms with E-state index in [4.69, 9.17) is 10.5 Å². The molecule has 0 aliphatic carbocycles. The molecule has 2 atom stereocenters. The van der Waals surface area contributed by atoms with E-state index in [0.29, 0.717) is 18.1 Å². The summed E-state index contributed by atoms with van der Waals surface area (Å²) in [5.41, 5.74) is 5.91. The van der Waals surface area contributed by atoms with E-state index in [2.05, 4.69) is 18.7 Å². The van der Waals surface area contributed by atoms with Gasteiger partial charge in [-0.15, -0.1) is 0 Å². The van der Waals surface area contributed by atoms with E-state index in [0.717, 1.165) is 19.6 Å². The maximum atomic E-state index is 5.91. The van der Waals surface area contributed by atoms with E-state index in [1.54, 1.807) is 7.11 Å². The molecule has 0 radical (unpaired) electrons. The summed E-state index contributed by atoms with van der Waals surface area (Å²) in [5.74, 6) is 0. The second kappa shape index (κ2) is 4.21. The maximum Gasteiger partial charge on any atom is 0.0991 e. The van der Waals surface area contributed by atoms with E-state index in [1.165, 1.54) is 0 Å². The minimum absolute atomic E-state index is 0.378.